The molecule has 2 heterocycles. The van der Waals surface area contributed by atoms with E-state index in [0.29, 0.717) is 17.0 Å². The number of carbonyl (C=O) groups is 1. The van der Waals surface area contributed by atoms with Crippen molar-refractivity contribution in [2.75, 3.05) is 6.54 Å². The minimum absolute atomic E-state index is 0.0364. The van der Waals surface area contributed by atoms with Crippen LogP contribution in [0.15, 0.2) is 59.0 Å². The summed E-state index contributed by atoms with van der Waals surface area (Å²) in [6.45, 7) is 0.277. The third kappa shape index (κ3) is 1.74. The Hall–Kier alpha value is -2.27. The second-order valence-electron chi connectivity index (χ2n) is 4.12. The maximum absolute atomic E-state index is 12.0. The van der Waals surface area contributed by atoms with E-state index in [1.54, 1.807) is 10.9 Å². The van der Waals surface area contributed by atoms with Crippen LogP contribution in [0.3, 0.4) is 0 Å². The van der Waals surface area contributed by atoms with Crippen molar-refractivity contribution in [3.8, 4) is 0 Å². The number of ketones is 1. The summed E-state index contributed by atoms with van der Waals surface area (Å²) in [4.78, 5) is 16.3. The fraction of sp³-hybridized carbons (Fsp3) is 0.154. The molecule has 2 aliphatic rings. The molecule has 0 saturated carbocycles. The van der Waals surface area contributed by atoms with Gasteiger partial charge < -0.3 is 5.73 Å². The van der Waals surface area contributed by atoms with Gasteiger partial charge in [-0.15, -0.1) is 0 Å². The van der Waals surface area contributed by atoms with E-state index in [2.05, 4.69) is 10.1 Å². The summed E-state index contributed by atoms with van der Waals surface area (Å²) in [5.41, 5.74) is 7.43. The van der Waals surface area contributed by atoms with Crippen molar-refractivity contribution in [3.05, 3.63) is 54.0 Å². The maximum atomic E-state index is 12.0. The van der Waals surface area contributed by atoms with Crippen molar-refractivity contribution in [1.29, 1.82) is 0 Å². The molecule has 0 spiro atoms. The van der Waals surface area contributed by atoms with Crippen LogP contribution >= 0.6 is 0 Å². The lowest BCUT2D eigenvalue weighted by Crippen LogP contribution is -2.22. The van der Waals surface area contributed by atoms with Gasteiger partial charge in [0.2, 0.25) is 0 Å². The number of allylic oxidation sites excluding steroid dienone is 5. The number of fused-ring (bicyclic) bond motifs is 1. The zero-order chi connectivity index (χ0) is 12.5. The van der Waals surface area contributed by atoms with Gasteiger partial charge in [-0.25, -0.2) is 0 Å². The van der Waals surface area contributed by atoms with Gasteiger partial charge in [-0.05, 0) is 18.2 Å². The third-order valence-electron chi connectivity index (χ3n) is 2.93. The van der Waals surface area contributed by atoms with E-state index >= 15 is 0 Å². The SMILES string of the molecule is NCC1=CC(=O)C2=CC(n3cccn3)C=CC2=N1. The minimum Gasteiger partial charge on any atom is -0.325 e. The topological polar surface area (TPSA) is 73.3 Å². The van der Waals surface area contributed by atoms with E-state index in [1.165, 1.54) is 6.08 Å². The fourth-order valence-electron chi connectivity index (χ4n) is 2.04. The van der Waals surface area contributed by atoms with Crippen molar-refractivity contribution in [3.63, 3.8) is 0 Å². The van der Waals surface area contributed by atoms with Crippen LogP contribution in [0.2, 0.25) is 0 Å². The van der Waals surface area contributed by atoms with Crippen LogP contribution < -0.4 is 5.73 Å². The van der Waals surface area contributed by atoms with E-state index in [-0.39, 0.29) is 18.4 Å². The second kappa shape index (κ2) is 4.19. The molecule has 1 aliphatic heterocycles. The average Bonchev–Trinajstić information content (AvgIpc) is 2.92. The first kappa shape index (κ1) is 10.9. The number of hydrogen-bond donors (Lipinski definition) is 1. The van der Waals surface area contributed by atoms with Gasteiger partial charge in [0, 0.05) is 30.6 Å². The molecule has 1 unspecified atom stereocenters. The maximum Gasteiger partial charge on any atom is 0.189 e. The van der Waals surface area contributed by atoms with Gasteiger partial charge >= 0.3 is 0 Å². The summed E-state index contributed by atoms with van der Waals surface area (Å²) >= 11 is 0. The zero-order valence-electron chi connectivity index (χ0n) is 9.65. The van der Waals surface area contributed by atoms with Gasteiger partial charge in [0.25, 0.3) is 0 Å². The van der Waals surface area contributed by atoms with Crippen LogP contribution in [-0.4, -0.2) is 27.8 Å². The predicted molar refractivity (Wildman–Crippen MR) is 68.1 cm³/mol. The molecular formula is C13H12N4O. The fourth-order valence-corrected chi connectivity index (χ4v) is 2.04. The van der Waals surface area contributed by atoms with Crippen LogP contribution in [0.25, 0.3) is 0 Å². The highest BCUT2D eigenvalue weighted by molar-refractivity contribution is 6.31. The first-order chi connectivity index (χ1) is 8.78. The van der Waals surface area contributed by atoms with Gasteiger partial charge in [0.1, 0.15) is 0 Å². The smallest absolute Gasteiger partial charge is 0.189 e. The largest absolute Gasteiger partial charge is 0.325 e. The predicted octanol–water partition coefficient (Wildman–Crippen LogP) is 0.787. The molecule has 90 valence electrons. The first-order valence-electron chi connectivity index (χ1n) is 5.71. The molecule has 1 aliphatic carbocycles. The lowest BCUT2D eigenvalue weighted by Gasteiger charge is -2.19. The summed E-state index contributed by atoms with van der Waals surface area (Å²) in [5.74, 6) is -0.0399. The standard InChI is InChI=1S/C13H12N4O/c14-8-9-6-13(18)11-7-10(2-3-12(11)16-9)17-5-1-4-15-17/h1-7,10H,8,14H2. The molecule has 5 nitrogen and oxygen atoms in total. The van der Waals surface area contributed by atoms with E-state index < -0.39 is 0 Å². The van der Waals surface area contributed by atoms with Crippen LogP contribution in [-0.2, 0) is 4.79 Å². The van der Waals surface area contributed by atoms with Crippen molar-refractivity contribution >= 4 is 11.5 Å². The Bertz CT molecular complexity index is 605. The summed E-state index contributed by atoms with van der Waals surface area (Å²) in [6, 6.07) is 1.82. The van der Waals surface area contributed by atoms with Crippen LogP contribution in [0.4, 0.5) is 0 Å². The Morgan fingerprint density at radius 2 is 2.33 bits per heavy atom. The minimum atomic E-state index is -0.0399. The lowest BCUT2D eigenvalue weighted by atomic mass is 9.94. The molecule has 0 bridgehead atoms. The quantitative estimate of drug-likeness (QED) is 0.830. The normalized spacial score (nSPS) is 22.2. The van der Waals surface area contributed by atoms with E-state index in [9.17, 15) is 4.79 Å². The summed E-state index contributed by atoms with van der Waals surface area (Å²) < 4.78 is 1.79. The van der Waals surface area contributed by atoms with Gasteiger partial charge in [-0.1, -0.05) is 6.08 Å². The van der Waals surface area contributed by atoms with Gasteiger partial charge in [0.15, 0.2) is 5.78 Å². The Morgan fingerprint density at radius 3 is 3.06 bits per heavy atom. The Kier molecular flexibility index (Phi) is 2.53. The molecule has 5 heteroatoms. The number of nitrogens with two attached hydrogens (primary N) is 1. The van der Waals surface area contributed by atoms with Crippen LogP contribution in [0.5, 0.6) is 0 Å². The first-order valence-corrected chi connectivity index (χ1v) is 5.71. The van der Waals surface area contributed by atoms with Crippen LogP contribution in [0.1, 0.15) is 6.04 Å². The average molecular weight is 240 g/mol. The molecular weight excluding hydrogens is 228 g/mol. The molecule has 0 fully saturated rings. The third-order valence-corrected chi connectivity index (χ3v) is 2.93. The molecule has 0 saturated heterocycles. The molecule has 0 amide bonds. The molecule has 0 aromatic carbocycles. The van der Waals surface area contributed by atoms with Gasteiger partial charge in [-0.2, -0.15) is 5.10 Å². The lowest BCUT2D eigenvalue weighted by molar-refractivity contribution is -0.111. The zero-order valence-corrected chi connectivity index (χ0v) is 9.65. The van der Waals surface area contributed by atoms with E-state index in [0.717, 1.165) is 0 Å². The molecule has 1 atom stereocenters. The summed E-state index contributed by atoms with van der Waals surface area (Å²) in [5, 5.41) is 4.17. The Labute approximate surface area is 104 Å². The number of hydrogen-bond acceptors (Lipinski definition) is 4. The Balaban J connectivity index is 1.98. The van der Waals surface area contributed by atoms with Crippen molar-refractivity contribution < 1.29 is 4.79 Å². The van der Waals surface area contributed by atoms with Crippen molar-refractivity contribution in [2.45, 2.75) is 6.04 Å². The highest BCUT2D eigenvalue weighted by Gasteiger charge is 2.23. The molecule has 1 aromatic rings. The monoisotopic (exact) mass is 240 g/mol. The number of aliphatic imine (C=N–C) groups is 1. The summed E-state index contributed by atoms with van der Waals surface area (Å²) in [6.07, 6.45) is 10.8. The van der Waals surface area contributed by atoms with E-state index in [1.807, 2.05) is 30.5 Å². The van der Waals surface area contributed by atoms with Crippen LogP contribution in [0, 0.1) is 0 Å². The van der Waals surface area contributed by atoms with E-state index in [4.69, 9.17) is 5.73 Å². The number of nitrogens with zero attached hydrogens (tertiary/aromatic N) is 3. The highest BCUT2D eigenvalue weighted by Crippen LogP contribution is 2.23. The number of carbonyl (C=O) groups excluding carboxylic acids is 1. The molecule has 3 rings (SSSR count). The number of rotatable bonds is 2. The Morgan fingerprint density at radius 1 is 1.44 bits per heavy atom. The molecule has 18 heavy (non-hydrogen) atoms. The van der Waals surface area contributed by atoms with Crippen molar-refractivity contribution in [1.82, 2.24) is 9.78 Å². The van der Waals surface area contributed by atoms with Gasteiger partial charge in [0.05, 0.1) is 17.5 Å². The molecule has 2 N–H and O–H groups in total. The highest BCUT2D eigenvalue weighted by atomic mass is 16.1. The molecule has 1 aromatic heterocycles. The molecule has 0 radical (unpaired) electrons. The number of aromatic nitrogens is 2. The second-order valence-corrected chi connectivity index (χ2v) is 4.12. The van der Waals surface area contributed by atoms with Crippen molar-refractivity contribution in [2.24, 2.45) is 10.7 Å². The van der Waals surface area contributed by atoms with Gasteiger partial charge in [-0.3, -0.25) is 14.5 Å². The summed E-state index contributed by atoms with van der Waals surface area (Å²) in [7, 11) is 0.